The Balaban J connectivity index is 2.28. The first-order valence-corrected chi connectivity index (χ1v) is 6.77. The summed E-state index contributed by atoms with van der Waals surface area (Å²) >= 11 is 0. The minimum absolute atomic E-state index is 0.204. The van der Waals surface area contributed by atoms with E-state index in [4.69, 9.17) is 9.47 Å². The van der Waals surface area contributed by atoms with Crippen LogP contribution in [-0.2, 0) is 6.54 Å². The molecule has 0 aliphatic heterocycles. The highest BCUT2D eigenvalue weighted by molar-refractivity contribution is 5.43. The summed E-state index contributed by atoms with van der Waals surface area (Å²) in [5.41, 5.74) is 0.622. The van der Waals surface area contributed by atoms with Crippen LogP contribution in [0.15, 0.2) is 35.3 Å². The Morgan fingerprint density at radius 2 is 1.86 bits per heavy atom. The summed E-state index contributed by atoms with van der Waals surface area (Å²) in [6, 6.07) is 6.42. The number of ether oxygens (including phenoxy) is 2. The van der Waals surface area contributed by atoms with Gasteiger partial charge in [-0.1, -0.05) is 6.07 Å². The van der Waals surface area contributed by atoms with E-state index >= 15 is 0 Å². The predicted molar refractivity (Wildman–Crippen MR) is 81.6 cm³/mol. The monoisotopic (exact) mass is 305 g/mol. The number of aliphatic hydroxyl groups excluding tert-OH is 1. The van der Waals surface area contributed by atoms with E-state index in [-0.39, 0.29) is 12.3 Å². The van der Waals surface area contributed by atoms with E-state index in [1.165, 1.54) is 13.2 Å². The van der Waals surface area contributed by atoms with Crippen molar-refractivity contribution in [3.8, 4) is 17.2 Å². The van der Waals surface area contributed by atoms with Gasteiger partial charge in [0.25, 0.3) is 0 Å². The molecule has 0 saturated carbocycles. The first kappa shape index (κ1) is 15.9. The van der Waals surface area contributed by atoms with Gasteiger partial charge in [-0.25, -0.2) is 0 Å². The van der Waals surface area contributed by atoms with Gasteiger partial charge in [0, 0.05) is 12.3 Å². The normalized spacial score (nSPS) is 12.0. The van der Waals surface area contributed by atoms with Gasteiger partial charge in [0.05, 0.1) is 32.6 Å². The lowest BCUT2D eigenvalue weighted by Gasteiger charge is -2.17. The molecule has 0 fully saturated rings. The summed E-state index contributed by atoms with van der Waals surface area (Å²) < 4.78 is 12.0. The molecule has 0 spiro atoms. The van der Waals surface area contributed by atoms with Crippen molar-refractivity contribution in [2.45, 2.75) is 19.6 Å². The number of aromatic nitrogens is 1. The van der Waals surface area contributed by atoms with E-state index in [9.17, 15) is 15.0 Å². The Kier molecular flexibility index (Phi) is 4.72. The summed E-state index contributed by atoms with van der Waals surface area (Å²) in [6.07, 6.45) is 0.724. The molecule has 1 aromatic carbocycles. The second-order valence-electron chi connectivity index (χ2n) is 4.90. The molecule has 0 aliphatic carbocycles. The van der Waals surface area contributed by atoms with Gasteiger partial charge in [0.2, 0.25) is 5.43 Å². The van der Waals surface area contributed by atoms with Gasteiger partial charge in [0.15, 0.2) is 17.2 Å². The number of nitrogens with zero attached hydrogens (tertiary/aromatic N) is 1. The van der Waals surface area contributed by atoms with Crippen molar-refractivity contribution in [3.63, 3.8) is 0 Å². The van der Waals surface area contributed by atoms with Gasteiger partial charge in [-0.15, -0.1) is 0 Å². The van der Waals surface area contributed by atoms with E-state index in [0.29, 0.717) is 22.8 Å². The van der Waals surface area contributed by atoms with Crippen molar-refractivity contribution in [2.24, 2.45) is 0 Å². The Labute approximate surface area is 128 Å². The Hall–Kier alpha value is -2.47. The Morgan fingerprint density at radius 1 is 1.18 bits per heavy atom. The van der Waals surface area contributed by atoms with Gasteiger partial charge in [-0.3, -0.25) is 4.79 Å². The molecule has 0 saturated heterocycles. The molecule has 0 bridgehead atoms. The minimum atomic E-state index is -0.819. The van der Waals surface area contributed by atoms with Crippen LogP contribution in [0.1, 0.15) is 17.4 Å². The van der Waals surface area contributed by atoms with E-state index in [1.807, 2.05) is 0 Å². The maximum atomic E-state index is 11.3. The van der Waals surface area contributed by atoms with Gasteiger partial charge in [0.1, 0.15) is 0 Å². The molecule has 2 rings (SSSR count). The molecule has 118 valence electrons. The predicted octanol–water partition coefficient (Wildman–Crippen LogP) is 1.61. The van der Waals surface area contributed by atoms with Crippen molar-refractivity contribution < 1.29 is 19.7 Å². The Morgan fingerprint density at radius 3 is 2.50 bits per heavy atom. The molecule has 1 atom stereocenters. The summed E-state index contributed by atoms with van der Waals surface area (Å²) in [5.74, 6) is 0.802. The lowest BCUT2D eigenvalue weighted by molar-refractivity contribution is 0.154. The lowest BCUT2D eigenvalue weighted by atomic mass is 10.1. The molecular formula is C16H19NO5. The summed E-state index contributed by atoms with van der Waals surface area (Å²) in [5, 5.41) is 20.0. The van der Waals surface area contributed by atoms with Gasteiger partial charge < -0.3 is 24.3 Å². The molecule has 0 amide bonds. The lowest BCUT2D eigenvalue weighted by Crippen LogP contribution is -2.14. The molecule has 0 unspecified atom stereocenters. The zero-order valence-corrected chi connectivity index (χ0v) is 12.7. The molecule has 2 aromatic rings. The zero-order chi connectivity index (χ0) is 16.3. The van der Waals surface area contributed by atoms with Crippen molar-refractivity contribution in [3.05, 3.63) is 51.9 Å². The second kappa shape index (κ2) is 6.53. The second-order valence-corrected chi connectivity index (χ2v) is 4.90. The van der Waals surface area contributed by atoms with Gasteiger partial charge in [-0.2, -0.15) is 0 Å². The quantitative estimate of drug-likeness (QED) is 0.877. The molecule has 6 nitrogen and oxygen atoms in total. The average Bonchev–Trinajstić information content (AvgIpc) is 2.54. The summed E-state index contributed by atoms with van der Waals surface area (Å²) in [4.78, 5) is 11.3. The average molecular weight is 305 g/mol. The zero-order valence-electron chi connectivity index (χ0n) is 12.7. The molecule has 6 heteroatoms. The summed E-state index contributed by atoms with van der Waals surface area (Å²) in [6.45, 7) is 1.83. The number of methoxy groups -OCH3 is 2. The maximum Gasteiger partial charge on any atom is 0.223 e. The fraction of sp³-hybridized carbons (Fsp3) is 0.312. The van der Waals surface area contributed by atoms with Crippen molar-refractivity contribution in [2.75, 3.05) is 14.2 Å². The molecule has 22 heavy (non-hydrogen) atoms. The molecule has 0 aliphatic rings. The third kappa shape index (κ3) is 3.07. The number of benzene rings is 1. The van der Waals surface area contributed by atoms with Crippen LogP contribution < -0.4 is 14.9 Å². The maximum absolute atomic E-state index is 11.3. The largest absolute Gasteiger partial charge is 0.503 e. The highest BCUT2D eigenvalue weighted by Crippen LogP contribution is 2.30. The van der Waals surface area contributed by atoms with E-state index in [1.54, 1.807) is 43.0 Å². The number of hydrogen-bond donors (Lipinski definition) is 2. The van der Waals surface area contributed by atoms with E-state index < -0.39 is 11.5 Å². The fourth-order valence-corrected chi connectivity index (χ4v) is 2.21. The van der Waals surface area contributed by atoms with Gasteiger partial charge >= 0.3 is 0 Å². The highest BCUT2D eigenvalue weighted by Gasteiger charge is 2.14. The number of rotatable bonds is 5. The van der Waals surface area contributed by atoms with Crippen LogP contribution in [0.4, 0.5) is 0 Å². The molecule has 0 radical (unpaired) electrons. The van der Waals surface area contributed by atoms with Crippen LogP contribution >= 0.6 is 0 Å². The molecule has 2 N–H and O–H groups in total. The van der Waals surface area contributed by atoms with Crippen molar-refractivity contribution >= 4 is 0 Å². The smallest absolute Gasteiger partial charge is 0.223 e. The van der Waals surface area contributed by atoms with Crippen LogP contribution in [0.3, 0.4) is 0 Å². The van der Waals surface area contributed by atoms with Crippen LogP contribution in [0.5, 0.6) is 17.2 Å². The van der Waals surface area contributed by atoms with Crippen LogP contribution in [0, 0.1) is 6.92 Å². The molecule has 1 aromatic heterocycles. The number of aliphatic hydroxyl groups is 1. The number of aromatic hydroxyl groups is 1. The van der Waals surface area contributed by atoms with E-state index in [2.05, 4.69) is 0 Å². The van der Waals surface area contributed by atoms with Gasteiger partial charge in [-0.05, 0) is 24.6 Å². The fourth-order valence-electron chi connectivity index (χ4n) is 2.21. The highest BCUT2D eigenvalue weighted by atomic mass is 16.5. The number of hydrogen-bond acceptors (Lipinski definition) is 5. The molecule has 1 heterocycles. The topological polar surface area (TPSA) is 80.9 Å². The minimum Gasteiger partial charge on any atom is -0.503 e. The van der Waals surface area contributed by atoms with Crippen molar-refractivity contribution in [1.29, 1.82) is 0 Å². The Bertz CT molecular complexity index is 723. The first-order valence-electron chi connectivity index (χ1n) is 6.77. The van der Waals surface area contributed by atoms with E-state index in [0.717, 1.165) is 0 Å². The third-order valence-electron chi connectivity index (χ3n) is 3.57. The third-order valence-corrected chi connectivity index (χ3v) is 3.57. The summed E-state index contributed by atoms with van der Waals surface area (Å²) in [7, 11) is 3.07. The van der Waals surface area contributed by atoms with Crippen molar-refractivity contribution in [1.82, 2.24) is 4.57 Å². The number of pyridine rings is 1. The molecular weight excluding hydrogens is 286 g/mol. The SMILES string of the molecule is COc1ccc([C@H](O)Cn2ccc(=O)c(O)c2C)cc1OC. The standard InChI is InChI=1S/C16H19NO5/c1-10-16(20)12(18)6-7-17(10)9-13(19)11-4-5-14(21-2)15(8-11)22-3/h4-8,13,19-20H,9H2,1-3H3/t13-/m1/s1. The van der Waals surface area contributed by atoms with Crippen LogP contribution in [-0.4, -0.2) is 29.0 Å². The first-order chi connectivity index (χ1) is 10.5. The van der Waals surface area contributed by atoms with Crippen LogP contribution in [0.25, 0.3) is 0 Å². The van der Waals surface area contributed by atoms with Crippen LogP contribution in [0.2, 0.25) is 0 Å².